The van der Waals surface area contributed by atoms with Crippen LogP contribution in [0.25, 0.3) is 0 Å². The van der Waals surface area contributed by atoms with Crippen LogP contribution in [-0.4, -0.2) is 17.1 Å². The molecule has 0 aliphatic rings. The van der Waals surface area contributed by atoms with Crippen molar-refractivity contribution in [1.82, 2.24) is 5.32 Å². The average Bonchev–Trinajstić information content (AvgIpc) is 2.57. The maximum Gasteiger partial charge on any atom is 0.320 e. The highest BCUT2D eigenvalue weighted by Crippen LogP contribution is 2.26. The zero-order valence-electron chi connectivity index (χ0n) is 17.0. The van der Waals surface area contributed by atoms with Crippen LogP contribution in [0.5, 0.6) is 5.75 Å². The first-order valence-electron chi connectivity index (χ1n) is 9.51. The molecule has 0 spiro atoms. The average molecular weight is 370 g/mol. The molecule has 27 heavy (non-hydrogen) atoms. The molecule has 146 valence electrons. The lowest BCUT2D eigenvalue weighted by Gasteiger charge is -2.18. The van der Waals surface area contributed by atoms with Gasteiger partial charge in [0.1, 0.15) is 18.4 Å². The van der Waals surface area contributed by atoms with Crippen LogP contribution in [0, 0.1) is 26.7 Å². The van der Waals surface area contributed by atoms with Gasteiger partial charge in [-0.1, -0.05) is 55.8 Å². The fourth-order valence-electron chi connectivity index (χ4n) is 3.31. The van der Waals surface area contributed by atoms with Crippen LogP contribution in [0.4, 0.5) is 0 Å². The molecule has 2 aromatic carbocycles. The van der Waals surface area contributed by atoms with Crippen LogP contribution in [-0.2, 0) is 17.9 Å². The van der Waals surface area contributed by atoms with Crippen LogP contribution in [0.2, 0.25) is 0 Å². The van der Waals surface area contributed by atoms with Gasteiger partial charge in [0.2, 0.25) is 0 Å². The van der Waals surface area contributed by atoms with Gasteiger partial charge in [-0.15, -0.1) is 0 Å². The summed E-state index contributed by atoms with van der Waals surface area (Å²) in [4.78, 5) is 11.4. The molecule has 2 N–H and O–H groups in total. The normalized spacial score (nSPS) is 12.2. The maximum absolute atomic E-state index is 11.4. The van der Waals surface area contributed by atoms with E-state index >= 15 is 0 Å². The summed E-state index contributed by atoms with van der Waals surface area (Å²) >= 11 is 0. The second-order valence-corrected chi connectivity index (χ2v) is 7.74. The number of benzene rings is 2. The monoisotopic (exact) mass is 369 g/mol. The standard InChI is InChI=1S/C23H31NO3/c1-15(2)9-21(23(25)26)24-13-20-11-17(4)22(18(5)12-20)27-14-19-8-6-7-16(3)10-19/h6-8,10-12,15,21,24H,9,13-14H2,1-5H3,(H,25,26)/t21-/m0/s1. The summed E-state index contributed by atoms with van der Waals surface area (Å²) in [6.07, 6.45) is 0.616. The van der Waals surface area contributed by atoms with Crippen LogP contribution in [0.15, 0.2) is 36.4 Å². The molecule has 0 aliphatic heterocycles. The van der Waals surface area contributed by atoms with Gasteiger partial charge < -0.3 is 15.2 Å². The Balaban J connectivity index is 2.04. The van der Waals surface area contributed by atoms with Crippen molar-refractivity contribution in [3.05, 3.63) is 64.2 Å². The van der Waals surface area contributed by atoms with Gasteiger partial charge in [-0.05, 0) is 55.4 Å². The fourth-order valence-corrected chi connectivity index (χ4v) is 3.31. The number of hydrogen-bond donors (Lipinski definition) is 2. The van der Waals surface area contributed by atoms with Crippen LogP contribution in [0.3, 0.4) is 0 Å². The Morgan fingerprint density at radius 2 is 1.74 bits per heavy atom. The smallest absolute Gasteiger partial charge is 0.320 e. The zero-order valence-corrected chi connectivity index (χ0v) is 17.0. The van der Waals surface area contributed by atoms with Crippen molar-refractivity contribution >= 4 is 5.97 Å². The number of carboxylic acid groups (broad SMARTS) is 1. The predicted octanol–water partition coefficient (Wildman–Crippen LogP) is 4.78. The largest absolute Gasteiger partial charge is 0.488 e. The topological polar surface area (TPSA) is 58.6 Å². The highest BCUT2D eigenvalue weighted by atomic mass is 16.5. The highest BCUT2D eigenvalue weighted by Gasteiger charge is 2.18. The Morgan fingerprint density at radius 1 is 1.07 bits per heavy atom. The molecule has 0 bridgehead atoms. The maximum atomic E-state index is 11.4. The third-order valence-electron chi connectivity index (χ3n) is 4.54. The van der Waals surface area contributed by atoms with Gasteiger partial charge in [0.15, 0.2) is 0 Å². The van der Waals surface area contributed by atoms with E-state index in [0.717, 1.165) is 28.0 Å². The van der Waals surface area contributed by atoms with E-state index in [1.54, 1.807) is 0 Å². The number of aliphatic carboxylic acids is 1. The lowest BCUT2D eigenvalue weighted by atomic mass is 10.0. The van der Waals surface area contributed by atoms with Crippen molar-refractivity contribution in [3.63, 3.8) is 0 Å². The molecule has 2 rings (SSSR count). The highest BCUT2D eigenvalue weighted by molar-refractivity contribution is 5.73. The van der Waals surface area contributed by atoms with E-state index in [1.165, 1.54) is 5.56 Å². The van der Waals surface area contributed by atoms with Gasteiger partial charge in [0.25, 0.3) is 0 Å². The van der Waals surface area contributed by atoms with Gasteiger partial charge in [0.05, 0.1) is 0 Å². The first kappa shape index (κ1) is 21.0. The molecular formula is C23H31NO3. The number of ether oxygens (including phenoxy) is 1. The van der Waals surface area contributed by atoms with Crippen LogP contribution < -0.4 is 10.1 Å². The first-order chi connectivity index (χ1) is 12.8. The van der Waals surface area contributed by atoms with Crippen molar-refractivity contribution in [2.24, 2.45) is 5.92 Å². The summed E-state index contributed by atoms with van der Waals surface area (Å²) in [7, 11) is 0. The molecule has 0 fully saturated rings. The molecule has 4 heteroatoms. The first-order valence-corrected chi connectivity index (χ1v) is 9.51. The second kappa shape index (κ2) is 9.56. The molecule has 0 heterocycles. The van der Waals surface area contributed by atoms with E-state index < -0.39 is 12.0 Å². The van der Waals surface area contributed by atoms with E-state index in [9.17, 15) is 9.90 Å². The van der Waals surface area contributed by atoms with Crippen molar-refractivity contribution in [1.29, 1.82) is 0 Å². The molecule has 0 saturated carbocycles. The molecule has 4 nitrogen and oxygen atoms in total. The number of aryl methyl sites for hydroxylation is 3. The Morgan fingerprint density at radius 3 is 2.30 bits per heavy atom. The second-order valence-electron chi connectivity index (χ2n) is 7.74. The molecule has 2 aromatic rings. The molecule has 0 aliphatic carbocycles. The number of nitrogens with one attached hydrogen (secondary N) is 1. The van der Waals surface area contributed by atoms with Gasteiger partial charge in [-0.2, -0.15) is 0 Å². The Bertz CT molecular complexity index is 760. The summed E-state index contributed by atoms with van der Waals surface area (Å²) in [5.74, 6) is 0.437. The third-order valence-corrected chi connectivity index (χ3v) is 4.54. The SMILES string of the molecule is Cc1cccc(COc2c(C)cc(CN[C@@H](CC(C)C)C(=O)O)cc2C)c1. The van der Waals surface area contributed by atoms with Gasteiger partial charge in [-0.25, -0.2) is 0 Å². The van der Waals surface area contributed by atoms with Crippen molar-refractivity contribution < 1.29 is 14.6 Å². The number of rotatable bonds is 9. The quantitative estimate of drug-likeness (QED) is 0.668. The minimum Gasteiger partial charge on any atom is -0.488 e. The summed E-state index contributed by atoms with van der Waals surface area (Å²) in [6, 6.07) is 11.9. The Labute approximate surface area is 162 Å². The number of carbonyl (C=O) groups is 1. The van der Waals surface area contributed by atoms with E-state index in [0.29, 0.717) is 25.5 Å². The molecule has 0 unspecified atom stereocenters. The molecule has 0 saturated heterocycles. The summed E-state index contributed by atoms with van der Waals surface area (Å²) in [5.41, 5.74) is 5.58. The number of carboxylic acids is 1. The molecule has 0 aromatic heterocycles. The van der Waals surface area contributed by atoms with Crippen molar-refractivity contribution in [3.8, 4) is 5.75 Å². The van der Waals surface area contributed by atoms with Crippen LogP contribution in [0.1, 0.15) is 48.1 Å². The summed E-state index contributed by atoms with van der Waals surface area (Å²) in [6.45, 7) is 11.3. The summed E-state index contributed by atoms with van der Waals surface area (Å²) in [5, 5.41) is 12.5. The summed E-state index contributed by atoms with van der Waals surface area (Å²) < 4.78 is 6.07. The van der Waals surface area contributed by atoms with E-state index in [4.69, 9.17) is 4.74 Å². The minimum atomic E-state index is -0.796. The lowest BCUT2D eigenvalue weighted by Crippen LogP contribution is -2.37. The fraction of sp³-hybridized carbons (Fsp3) is 0.435. The Hall–Kier alpha value is -2.33. The minimum absolute atomic E-state index is 0.333. The van der Waals surface area contributed by atoms with Gasteiger partial charge in [-0.3, -0.25) is 4.79 Å². The lowest BCUT2D eigenvalue weighted by molar-refractivity contribution is -0.140. The molecule has 0 amide bonds. The zero-order chi connectivity index (χ0) is 20.0. The van der Waals surface area contributed by atoms with E-state index in [1.807, 2.05) is 33.8 Å². The Kier molecular flexibility index (Phi) is 7.43. The van der Waals surface area contributed by atoms with E-state index in [2.05, 4.69) is 42.6 Å². The van der Waals surface area contributed by atoms with Gasteiger partial charge in [0, 0.05) is 6.54 Å². The molecule has 1 atom stereocenters. The van der Waals surface area contributed by atoms with Crippen molar-refractivity contribution in [2.45, 2.75) is 60.2 Å². The van der Waals surface area contributed by atoms with E-state index in [-0.39, 0.29) is 0 Å². The predicted molar refractivity (Wildman–Crippen MR) is 109 cm³/mol. The van der Waals surface area contributed by atoms with Gasteiger partial charge >= 0.3 is 5.97 Å². The third kappa shape index (κ3) is 6.40. The molecule has 0 radical (unpaired) electrons. The number of hydrogen-bond acceptors (Lipinski definition) is 3. The molecular weight excluding hydrogens is 338 g/mol. The van der Waals surface area contributed by atoms with Crippen LogP contribution >= 0.6 is 0 Å². The van der Waals surface area contributed by atoms with Crippen molar-refractivity contribution in [2.75, 3.05) is 0 Å².